The molecule has 0 saturated heterocycles. The normalized spacial score (nSPS) is 19.5. The largest absolute Gasteiger partial charge is 0.444 e. The van der Waals surface area contributed by atoms with Crippen LogP contribution in [0, 0.1) is 0 Å². The van der Waals surface area contributed by atoms with E-state index in [9.17, 15) is 4.79 Å². The molecule has 42 heavy (non-hydrogen) atoms. The summed E-state index contributed by atoms with van der Waals surface area (Å²) in [6.45, 7) is 12.6. The van der Waals surface area contributed by atoms with Crippen molar-refractivity contribution in [2.45, 2.75) is 89.3 Å². The Bertz CT molecular complexity index is 1170. The number of nitrogens with one attached hydrogen (secondary N) is 2. The predicted molar refractivity (Wildman–Crippen MR) is 169 cm³/mol. The van der Waals surface area contributed by atoms with E-state index >= 15 is 4.39 Å². The first-order valence-corrected chi connectivity index (χ1v) is 15.4. The molecular weight excluding hydrogens is 578 g/mol. The van der Waals surface area contributed by atoms with E-state index in [-0.39, 0.29) is 36.3 Å². The zero-order chi connectivity index (χ0) is 30.9. The average Bonchev–Trinajstić information content (AvgIpc) is 2.93. The summed E-state index contributed by atoms with van der Waals surface area (Å²) in [6, 6.07) is 14.0. The van der Waals surface area contributed by atoms with Crippen LogP contribution in [0.2, 0.25) is 10.0 Å². The lowest BCUT2D eigenvalue weighted by molar-refractivity contribution is 0.000765. The number of carbonyl (C=O) groups excluding carboxylic acids is 1. The number of methoxy groups -OCH3 is 1. The zero-order valence-electron chi connectivity index (χ0n) is 25.4. The van der Waals surface area contributed by atoms with Crippen molar-refractivity contribution in [3.63, 3.8) is 0 Å². The number of hydrogen-bond acceptors (Lipinski definition) is 5. The van der Waals surface area contributed by atoms with Crippen molar-refractivity contribution in [1.29, 1.82) is 0 Å². The van der Waals surface area contributed by atoms with Crippen LogP contribution in [0.1, 0.15) is 76.0 Å². The molecule has 1 amide bonds. The van der Waals surface area contributed by atoms with Gasteiger partial charge in [-0.3, -0.25) is 0 Å². The Labute approximate surface area is 260 Å². The third-order valence-electron chi connectivity index (χ3n) is 7.48. The molecule has 2 aromatic carbocycles. The third kappa shape index (κ3) is 10.2. The molecule has 0 bridgehead atoms. The van der Waals surface area contributed by atoms with Crippen LogP contribution in [-0.4, -0.2) is 62.9 Å². The summed E-state index contributed by atoms with van der Waals surface area (Å²) >= 11 is 13.4. The third-order valence-corrected chi connectivity index (χ3v) is 8.12. The fourth-order valence-corrected chi connectivity index (χ4v) is 5.84. The van der Waals surface area contributed by atoms with Crippen molar-refractivity contribution in [3.05, 3.63) is 75.8 Å². The van der Waals surface area contributed by atoms with Crippen molar-refractivity contribution in [2.24, 2.45) is 0 Å². The first kappa shape index (κ1) is 34.3. The Hall–Kier alpha value is -2.16. The average molecular weight is 624 g/mol. The standard InChI is InChI=1S/C33H45Cl2FN2O4/c1-21(31(36)22(2)41-17-16-40-6)26-18-27(30(35)19-29(26)34)28(23-10-8-7-9-11-23)20-37-24-12-14-25(15-13-24)38-32(39)42-33(3,4)5/h7-11,18-19,22,24-25,28,31,37H,1,12-17,20H2,2-6H3,(H,38,39). The van der Waals surface area contributed by atoms with Crippen molar-refractivity contribution in [2.75, 3.05) is 26.9 Å². The van der Waals surface area contributed by atoms with E-state index in [1.807, 2.05) is 45.0 Å². The van der Waals surface area contributed by atoms with Crippen molar-refractivity contribution in [1.82, 2.24) is 10.6 Å². The lowest BCUT2D eigenvalue weighted by atomic mass is 9.87. The van der Waals surface area contributed by atoms with Crippen LogP contribution in [0.5, 0.6) is 0 Å². The van der Waals surface area contributed by atoms with E-state index in [0.29, 0.717) is 28.8 Å². The summed E-state index contributed by atoms with van der Waals surface area (Å²) < 4.78 is 31.4. The van der Waals surface area contributed by atoms with Gasteiger partial charge >= 0.3 is 6.09 Å². The fraction of sp³-hybridized carbons (Fsp3) is 0.545. The molecule has 1 aliphatic rings. The van der Waals surface area contributed by atoms with E-state index < -0.39 is 17.9 Å². The molecule has 6 nitrogen and oxygen atoms in total. The number of halogens is 3. The molecule has 0 spiro atoms. The molecule has 3 atom stereocenters. The summed E-state index contributed by atoms with van der Waals surface area (Å²) in [7, 11) is 1.57. The summed E-state index contributed by atoms with van der Waals surface area (Å²) in [5, 5.41) is 7.58. The maximum absolute atomic E-state index is 15.4. The highest BCUT2D eigenvalue weighted by Crippen LogP contribution is 2.38. The van der Waals surface area contributed by atoms with Gasteiger partial charge in [-0.15, -0.1) is 0 Å². The second-order valence-electron chi connectivity index (χ2n) is 11.9. The highest BCUT2D eigenvalue weighted by Gasteiger charge is 2.28. The molecule has 1 saturated carbocycles. The van der Waals surface area contributed by atoms with E-state index in [2.05, 4.69) is 29.3 Å². The second kappa shape index (κ2) is 16.1. The summed E-state index contributed by atoms with van der Waals surface area (Å²) in [6.07, 6.45) is 1.03. The Morgan fingerprint density at radius 3 is 2.31 bits per heavy atom. The van der Waals surface area contributed by atoms with Crippen LogP contribution in [-0.2, 0) is 14.2 Å². The van der Waals surface area contributed by atoms with Crippen LogP contribution < -0.4 is 10.6 Å². The highest BCUT2D eigenvalue weighted by molar-refractivity contribution is 6.36. The van der Waals surface area contributed by atoms with Gasteiger partial charge in [0.1, 0.15) is 5.60 Å². The van der Waals surface area contributed by atoms with Gasteiger partial charge in [0.05, 0.1) is 19.3 Å². The number of alkyl carbamates (subject to hydrolysis) is 1. The number of rotatable bonds is 13. The van der Waals surface area contributed by atoms with E-state index in [0.717, 1.165) is 36.8 Å². The lowest BCUT2D eigenvalue weighted by Crippen LogP contribution is -2.44. The molecule has 1 aliphatic carbocycles. The van der Waals surface area contributed by atoms with Gasteiger partial charge in [-0.25, -0.2) is 9.18 Å². The molecule has 0 aliphatic heterocycles. The molecule has 0 heterocycles. The zero-order valence-corrected chi connectivity index (χ0v) is 26.9. The first-order chi connectivity index (χ1) is 19.9. The Kier molecular flexibility index (Phi) is 13.1. The molecule has 9 heteroatoms. The fourth-order valence-electron chi connectivity index (χ4n) is 5.21. The molecular formula is C33H45Cl2FN2O4. The number of alkyl halides is 1. The Morgan fingerprint density at radius 1 is 1.05 bits per heavy atom. The van der Waals surface area contributed by atoms with Gasteiger partial charge in [0.25, 0.3) is 0 Å². The molecule has 1 fully saturated rings. The minimum atomic E-state index is -1.45. The van der Waals surface area contributed by atoms with Crippen LogP contribution >= 0.6 is 23.2 Å². The van der Waals surface area contributed by atoms with Crippen molar-refractivity contribution < 1.29 is 23.4 Å². The smallest absolute Gasteiger partial charge is 0.407 e. The number of amides is 1. The van der Waals surface area contributed by atoms with Gasteiger partial charge in [0.2, 0.25) is 0 Å². The van der Waals surface area contributed by atoms with E-state index in [1.54, 1.807) is 20.1 Å². The van der Waals surface area contributed by atoms with Gasteiger partial charge in [-0.2, -0.15) is 0 Å². The van der Waals surface area contributed by atoms with Crippen LogP contribution in [0.3, 0.4) is 0 Å². The maximum atomic E-state index is 15.4. The van der Waals surface area contributed by atoms with Crippen LogP contribution in [0.25, 0.3) is 5.57 Å². The number of carbonyl (C=O) groups is 1. The minimum Gasteiger partial charge on any atom is -0.444 e. The topological polar surface area (TPSA) is 68.8 Å². The number of ether oxygens (including phenoxy) is 3. The monoisotopic (exact) mass is 622 g/mol. The molecule has 2 aromatic rings. The van der Waals surface area contributed by atoms with Gasteiger partial charge in [0, 0.05) is 41.7 Å². The van der Waals surface area contributed by atoms with E-state index in [4.69, 9.17) is 37.4 Å². The molecule has 0 aromatic heterocycles. The first-order valence-electron chi connectivity index (χ1n) is 14.6. The number of hydrogen-bond donors (Lipinski definition) is 2. The van der Waals surface area contributed by atoms with Gasteiger partial charge in [-0.05, 0) is 87.8 Å². The Morgan fingerprint density at radius 2 is 1.69 bits per heavy atom. The van der Waals surface area contributed by atoms with E-state index in [1.165, 1.54) is 0 Å². The molecule has 3 rings (SSSR count). The van der Waals surface area contributed by atoms with Crippen LogP contribution in [0.15, 0.2) is 49.0 Å². The maximum Gasteiger partial charge on any atom is 0.407 e. The predicted octanol–water partition coefficient (Wildman–Crippen LogP) is 7.95. The van der Waals surface area contributed by atoms with Crippen LogP contribution in [0.4, 0.5) is 9.18 Å². The quantitative estimate of drug-likeness (QED) is 0.222. The van der Waals surface area contributed by atoms with Crippen molar-refractivity contribution in [3.8, 4) is 0 Å². The molecule has 0 radical (unpaired) electrons. The summed E-state index contributed by atoms with van der Waals surface area (Å²) in [5.74, 6) is -0.103. The Balaban J connectivity index is 1.73. The molecule has 2 N–H and O–H groups in total. The van der Waals surface area contributed by atoms with Gasteiger partial charge in [-0.1, -0.05) is 60.1 Å². The van der Waals surface area contributed by atoms with Gasteiger partial charge < -0.3 is 24.8 Å². The summed E-state index contributed by atoms with van der Waals surface area (Å²) in [4.78, 5) is 12.2. The molecule has 232 valence electrons. The summed E-state index contributed by atoms with van der Waals surface area (Å²) in [5.41, 5.74) is 2.17. The van der Waals surface area contributed by atoms with Gasteiger partial charge in [0.15, 0.2) is 6.17 Å². The molecule has 3 unspecified atom stereocenters. The SMILES string of the molecule is C=C(c1cc(C(CNC2CCC(NC(=O)OC(C)(C)C)CC2)c2ccccc2)c(Cl)cc1Cl)C(F)C(C)OCCOC. The number of benzene rings is 2. The minimum absolute atomic E-state index is 0.0941. The highest BCUT2D eigenvalue weighted by atomic mass is 35.5. The van der Waals surface area contributed by atoms with Crippen molar-refractivity contribution >= 4 is 34.9 Å². The second-order valence-corrected chi connectivity index (χ2v) is 12.7. The lowest BCUT2D eigenvalue weighted by Gasteiger charge is -2.32.